The zero-order valence-corrected chi connectivity index (χ0v) is 16.1. The van der Waals surface area contributed by atoms with Gasteiger partial charge >= 0.3 is 0 Å². The van der Waals surface area contributed by atoms with Gasteiger partial charge in [-0.1, -0.05) is 48.5 Å². The summed E-state index contributed by atoms with van der Waals surface area (Å²) in [7, 11) is 0. The Labute approximate surface area is 160 Å². The average Bonchev–Trinajstić information content (AvgIpc) is 2.92. The molecule has 3 nitrogen and oxygen atoms in total. The Hall–Kier alpha value is -0.0300. The highest BCUT2D eigenvalue weighted by Crippen LogP contribution is 2.30. The Balaban J connectivity index is 0.00000208. The molecule has 24 heavy (non-hydrogen) atoms. The molecule has 2 aliphatic rings. The molecule has 1 aromatic rings. The van der Waals surface area contributed by atoms with E-state index >= 15 is 0 Å². The first kappa shape index (κ1) is 20.3. The van der Waals surface area contributed by atoms with Crippen molar-refractivity contribution in [1.29, 1.82) is 0 Å². The largest absolute Gasteiger partial charge is 0.389 e. The highest BCUT2D eigenvalue weighted by molar-refractivity contribution is 6.35. The first-order valence-corrected chi connectivity index (χ1v) is 9.40. The van der Waals surface area contributed by atoms with E-state index in [0.29, 0.717) is 29.1 Å². The highest BCUT2D eigenvalue weighted by atomic mass is 35.5. The van der Waals surface area contributed by atoms with E-state index in [1.54, 1.807) is 0 Å². The van der Waals surface area contributed by atoms with Crippen molar-refractivity contribution in [3.8, 4) is 0 Å². The molecule has 1 aliphatic carbocycles. The summed E-state index contributed by atoms with van der Waals surface area (Å²) in [4.78, 5) is 2.37. The Kier molecular flexibility index (Phi) is 8.12. The van der Waals surface area contributed by atoms with E-state index < -0.39 is 6.10 Å². The number of likely N-dealkylation sites (tertiary alicyclic amines) is 1. The normalized spacial score (nSPS) is 25.6. The molecular weight excluding hydrogens is 369 g/mol. The Morgan fingerprint density at radius 2 is 1.75 bits per heavy atom. The van der Waals surface area contributed by atoms with Crippen LogP contribution >= 0.6 is 35.6 Å². The van der Waals surface area contributed by atoms with Crippen LogP contribution in [-0.4, -0.2) is 41.5 Å². The molecule has 0 radical (unpaired) electrons. The molecular formula is C18H26Cl3NO2. The SMILES string of the molecule is Cl.OC1CCN(C2CCCCC2)[C@H]1OCCc1c(Cl)cccc1Cl. The molecule has 0 spiro atoms. The highest BCUT2D eigenvalue weighted by Gasteiger charge is 2.38. The standard InChI is InChI=1S/C18H25Cl2NO2.ClH/c19-15-7-4-8-16(20)14(15)10-12-23-18-17(22)9-11-21(18)13-5-2-1-3-6-13;/h4,7-8,13,17-18,22H,1-3,5-6,9-12H2;1H/t17?,18-;/m0./s1. The molecule has 1 saturated carbocycles. The number of ether oxygens (including phenoxy) is 1. The Morgan fingerprint density at radius 3 is 2.42 bits per heavy atom. The molecule has 1 aromatic carbocycles. The number of rotatable bonds is 5. The van der Waals surface area contributed by atoms with Crippen LogP contribution in [0.4, 0.5) is 0 Å². The van der Waals surface area contributed by atoms with Crippen LogP contribution in [0.15, 0.2) is 18.2 Å². The third kappa shape index (κ3) is 4.78. The van der Waals surface area contributed by atoms with Crippen LogP contribution in [0, 0.1) is 0 Å². The zero-order valence-electron chi connectivity index (χ0n) is 13.8. The summed E-state index contributed by atoms with van der Waals surface area (Å²) >= 11 is 12.4. The number of hydrogen-bond donors (Lipinski definition) is 1. The van der Waals surface area contributed by atoms with Gasteiger partial charge in [0.2, 0.25) is 0 Å². The van der Waals surface area contributed by atoms with Gasteiger partial charge < -0.3 is 9.84 Å². The smallest absolute Gasteiger partial charge is 0.137 e. The lowest BCUT2D eigenvalue weighted by molar-refractivity contribution is -0.104. The van der Waals surface area contributed by atoms with Crippen molar-refractivity contribution < 1.29 is 9.84 Å². The summed E-state index contributed by atoms with van der Waals surface area (Å²) in [6.07, 6.45) is 7.26. The molecule has 6 heteroatoms. The van der Waals surface area contributed by atoms with Gasteiger partial charge in [0.15, 0.2) is 0 Å². The van der Waals surface area contributed by atoms with Gasteiger partial charge in [-0.25, -0.2) is 0 Å². The first-order valence-electron chi connectivity index (χ1n) is 8.65. The molecule has 136 valence electrons. The fraction of sp³-hybridized carbons (Fsp3) is 0.667. The van der Waals surface area contributed by atoms with E-state index in [1.807, 2.05) is 18.2 Å². The fourth-order valence-electron chi connectivity index (χ4n) is 3.83. The van der Waals surface area contributed by atoms with Crippen molar-refractivity contribution in [2.45, 2.75) is 63.3 Å². The predicted molar refractivity (Wildman–Crippen MR) is 101 cm³/mol. The molecule has 0 bridgehead atoms. The molecule has 0 aromatic heterocycles. The summed E-state index contributed by atoms with van der Waals surface area (Å²) < 4.78 is 6.05. The van der Waals surface area contributed by atoms with Crippen LogP contribution < -0.4 is 0 Å². The fourth-order valence-corrected chi connectivity index (χ4v) is 4.42. The summed E-state index contributed by atoms with van der Waals surface area (Å²) in [5.74, 6) is 0. The molecule has 3 rings (SSSR count). The minimum absolute atomic E-state index is 0. The van der Waals surface area contributed by atoms with E-state index in [-0.39, 0.29) is 18.6 Å². The van der Waals surface area contributed by atoms with Crippen LogP contribution in [0.5, 0.6) is 0 Å². The predicted octanol–water partition coefficient (Wildman–Crippen LogP) is 4.70. The lowest BCUT2D eigenvalue weighted by atomic mass is 9.94. The van der Waals surface area contributed by atoms with Crippen molar-refractivity contribution in [3.05, 3.63) is 33.8 Å². The minimum atomic E-state index is -0.390. The lowest BCUT2D eigenvalue weighted by Gasteiger charge is -2.35. The number of benzene rings is 1. The maximum absolute atomic E-state index is 10.3. The van der Waals surface area contributed by atoms with E-state index in [2.05, 4.69) is 4.90 Å². The second-order valence-corrected chi connectivity index (χ2v) is 7.41. The van der Waals surface area contributed by atoms with Gasteiger partial charge in [0.25, 0.3) is 0 Å². The van der Waals surface area contributed by atoms with E-state index in [0.717, 1.165) is 18.5 Å². The molecule has 2 atom stereocenters. The number of aliphatic hydroxyl groups is 1. The van der Waals surface area contributed by atoms with Crippen LogP contribution in [0.2, 0.25) is 10.0 Å². The van der Waals surface area contributed by atoms with E-state index in [1.165, 1.54) is 32.1 Å². The van der Waals surface area contributed by atoms with Crippen molar-refractivity contribution >= 4 is 35.6 Å². The van der Waals surface area contributed by atoms with Gasteiger partial charge in [0, 0.05) is 22.6 Å². The maximum atomic E-state index is 10.3. The van der Waals surface area contributed by atoms with Gasteiger partial charge in [-0.3, -0.25) is 4.90 Å². The summed E-state index contributed by atoms with van der Waals surface area (Å²) in [6.45, 7) is 1.46. The number of halogens is 3. The molecule has 1 saturated heterocycles. The van der Waals surface area contributed by atoms with Crippen molar-refractivity contribution in [3.63, 3.8) is 0 Å². The van der Waals surface area contributed by atoms with Gasteiger partial charge in [0.1, 0.15) is 6.23 Å². The lowest BCUT2D eigenvalue weighted by Crippen LogP contribution is -2.45. The van der Waals surface area contributed by atoms with Crippen LogP contribution in [0.3, 0.4) is 0 Å². The average molecular weight is 395 g/mol. The van der Waals surface area contributed by atoms with Gasteiger partial charge in [0.05, 0.1) is 12.7 Å². The second-order valence-electron chi connectivity index (χ2n) is 6.60. The van der Waals surface area contributed by atoms with Crippen LogP contribution in [0.1, 0.15) is 44.1 Å². The van der Waals surface area contributed by atoms with Crippen molar-refractivity contribution in [1.82, 2.24) is 4.90 Å². The Morgan fingerprint density at radius 1 is 1.08 bits per heavy atom. The number of aliphatic hydroxyl groups excluding tert-OH is 1. The molecule has 1 aliphatic heterocycles. The maximum Gasteiger partial charge on any atom is 0.137 e. The number of hydrogen-bond acceptors (Lipinski definition) is 3. The van der Waals surface area contributed by atoms with Gasteiger partial charge in [-0.2, -0.15) is 0 Å². The van der Waals surface area contributed by atoms with E-state index in [4.69, 9.17) is 27.9 Å². The zero-order chi connectivity index (χ0) is 16.2. The van der Waals surface area contributed by atoms with Gasteiger partial charge in [-0.05, 0) is 43.4 Å². The van der Waals surface area contributed by atoms with Crippen LogP contribution in [-0.2, 0) is 11.2 Å². The second kappa shape index (κ2) is 9.61. The summed E-state index contributed by atoms with van der Waals surface area (Å²) in [5, 5.41) is 11.6. The van der Waals surface area contributed by atoms with Crippen molar-refractivity contribution in [2.75, 3.05) is 13.2 Å². The third-order valence-electron chi connectivity index (χ3n) is 5.09. The summed E-state index contributed by atoms with van der Waals surface area (Å²) in [6, 6.07) is 6.11. The number of nitrogens with zero attached hydrogens (tertiary/aromatic N) is 1. The first-order chi connectivity index (χ1) is 11.2. The third-order valence-corrected chi connectivity index (χ3v) is 5.79. The monoisotopic (exact) mass is 393 g/mol. The van der Waals surface area contributed by atoms with Crippen molar-refractivity contribution in [2.24, 2.45) is 0 Å². The molecule has 2 fully saturated rings. The molecule has 1 heterocycles. The van der Waals surface area contributed by atoms with Gasteiger partial charge in [-0.15, -0.1) is 12.4 Å². The molecule has 0 amide bonds. The minimum Gasteiger partial charge on any atom is -0.389 e. The molecule has 1 N–H and O–H groups in total. The van der Waals surface area contributed by atoms with E-state index in [9.17, 15) is 5.11 Å². The quantitative estimate of drug-likeness (QED) is 0.785. The Bertz CT molecular complexity index is 503. The summed E-state index contributed by atoms with van der Waals surface area (Å²) in [5.41, 5.74) is 0.924. The molecule has 1 unspecified atom stereocenters. The van der Waals surface area contributed by atoms with Crippen LogP contribution in [0.25, 0.3) is 0 Å². The topological polar surface area (TPSA) is 32.7 Å².